The molecule has 1 aliphatic rings. The zero-order valence-corrected chi connectivity index (χ0v) is 15.7. The third kappa shape index (κ3) is 4.56. The Morgan fingerprint density at radius 3 is 2.64 bits per heavy atom. The first-order valence-corrected chi connectivity index (χ1v) is 9.16. The zero-order valence-electron chi connectivity index (χ0n) is 13.5. The highest BCUT2D eigenvalue weighted by Gasteiger charge is 2.29. The average Bonchev–Trinajstić information content (AvgIpc) is 2.95. The molecule has 1 aliphatic heterocycles. The lowest BCUT2D eigenvalue weighted by Gasteiger charge is -2.17. The molecule has 1 atom stereocenters. The summed E-state index contributed by atoms with van der Waals surface area (Å²) >= 11 is 2.13. The molecule has 6 heteroatoms. The minimum atomic E-state index is -0.285. The number of halogens is 2. The maximum atomic E-state index is 13.0. The van der Waals surface area contributed by atoms with Crippen LogP contribution in [0.2, 0.25) is 0 Å². The van der Waals surface area contributed by atoms with Crippen LogP contribution >= 0.6 is 22.6 Å². The standard InChI is InChI=1S/C19H18FIN2O2/c20-15-7-5-13(6-8-15)11-23-12-14(9-18(23)24)10-22-19(25)16-3-1-2-4-17(16)21/h1-8,14H,9-12H2,(H,22,25). The average molecular weight is 452 g/mol. The molecule has 1 fully saturated rings. The van der Waals surface area contributed by atoms with Gasteiger partial charge in [-0.3, -0.25) is 9.59 Å². The minimum Gasteiger partial charge on any atom is -0.352 e. The van der Waals surface area contributed by atoms with Gasteiger partial charge in [0.25, 0.3) is 5.91 Å². The van der Waals surface area contributed by atoms with E-state index in [9.17, 15) is 14.0 Å². The molecule has 2 aromatic rings. The highest BCUT2D eigenvalue weighted by Crippen LogP contribution is 2.20. The number of likely N-dealkylation sites (tertiary alicyclic amines) is 1. The van der Waals surface area contributed by atoms with Crippen molar-refractivity contribution in [2.75, 3.05) is 13.1 Å². The van der Waals surface area contributed by atoms with Crippen LogP contribution in [0.4, 0.5) is 4.39 Å². The molecule has 3 rings (SSSR count). The topological polar surface area (TPSA) is 49.4 Å². The van der Waals surface area contributed by atoms with E-state index in [1.165, 1.54) is 12.1 Å². The first-order chi connectivity index (χ1) is 12.0. The Bertz CT molecular complexity index is 779. The zero-order chi connectivity index (χ0) is 17.8. The lowest BCUT2D eigenvalue weighted by Crippen LogP contribution is -2.31. The second-order valence-corrected chi connectivity index (χ2v) is 7.32. The molecule has 1 heterocycles. The van der Waals surface area contributed by atoms with Gasteiger partial charge < -0.3 is 10.2 Å². The van der Waals surface area contributed by atoms with Crippen molar-refractivity contribution in [2.45, 2.75) is 13.0 Å². The van der Waals surface area contributed by atoms with Crippen molar-refractivity contribution in [1.82, 2.24) is 10.2 Å². The quantitative estimate of drug-likeness (QED) is 0.709. The van der Waals surface area contributed by atoms with E-state index in [1.807, 2.05) is 18.2 Å². The summed E-state index contributed by atoms with van der Waals surface area (Å²) in [5.41, 5.74) is 1.55. The van der Waals surface area contributed by atoms with Crippen molar-refractivity contribution in [1.29, 1.82) is 0 Å². The fourth-order valence-corrected chi connectivity index (χ4v) is 3.56. The van der Waals surface area contributed by atoms with Crippen LogP contribution in [-0.4, -0.2) is 29.8 Å². The first kappa shape index (κ1) is 17.8. The molecular weight excluding hydrogens is 434 g/mol. The Morgan fingerprint density at radius 1 is 1.20 bits per heavy atom. The molecule has 25 heavy (non-hydrogen) atoms. The van der Waals surface area contributed by atoms with E-state index >= 15 is 0 Å². The molecule has 0 saturated carbocycles. The van der Waals surface area contributed by atoms with Gasteiger partial charge in [0.05, 0.1) is 5.56 Å². The summed E-state index contributed by atoms with van der Waals surface area (Å²) in [5, 5.41) is 2.92. The lowest BCUT2D eigenvalue weighted by atomic mass is 10.1. The monoisotopic (exact) mass is 452 g/mol. The summed E-state index contributed by atoms with van der Waals surface area (Å²) < 4.78 is 13.9. The van der Waals surface area contributed by atoms with E-state index in [-0.39, 0.29) is 23.5 Å². The van der Waals surface area contributed by atoms with Crippen molar-refractivity contribution >= 4 is 34.4 Å². The van der Waals surface area contributed by atoms with Crippen LogP contribution in [0.1, 0.15) is 22.3 Å². The van der Waals surface area contributed by atoms with Gasteiger partial charge in [-0.2, -0.15) is 0 Å². The summed E-state index contributed by atoms with van der Waals surface area (Å²) in [6, 6.07) is 13.6. The van der Waals surface area contributed by atoms with Gasteiger partial charge in [0.1, 0.15) is 5.82 Å². The Labute approximate surface area is 159 Å². The number of carbonyl (C=O) groups excluding carboxylic acids is 2. The summed E-state index contributed by atoms with van der Waals surface area (Å²) in [4.78, 5) is 26.2. The number of rotatable bonds is 5. The van der Waals surface area contributed by atoms with Gasteiger partial charge in [0.2, 0.25) is 5.91 Å². The van der Waals surface area contributed by atoms with Gasteiger partial charge in [-0.1, -0.05) is 24.3 Å². The fourth-order valence-electron chi connectivity index (χ4n) is 2.93. The molecule has 0 spiro atoms. The number of amides is 2. The van der Waals surface area contributed by atoms with Crippen molar-refractivity contribution in [2.24, 2.45) is 5.92 Å². The summed E-state index contributed by atoms with van der Waals surface area (Å²) in [6.07, 6.45) is 0.424. The lowest BCUT2D eigenvalue weighted by molar-refractivity contribution is -0.128. The predicted octanol–water partition coefficient (Wildman–Crippen LogP) is 3.21. The van der Waals surface area contributed by atoms with Crippen LogP contribution in [0.5, 0.6) is 0 Å². The Hall–Kier alpha value is -1.96. The maximum Gasteiger partial charge on any atom is 0.252 e. The molecule has 1 unspecified atom stereocenters. The van der Waals surface area contributed by atoms with Crippen LogP contribution in [0.3, 0.4) is 0 Å². The normalized spacial score (nSPS) is 17.0. The van der Waals surface area contributed by atoms with Gasteiger partial charge in [0, 0.05) is 35.5 Å². The smallest absolute Gasteiger partial charge is 0.252 e. The molecule has 130 valence electrons. The number of carbonyl (C=O) groups is 2. The number of nitrogens with one attached hydrogen (secondary N) is 1. The second kappa shape index (κ2) is 7.95. The fraction of sp³-hybridized carbons (Fsp3) is 0.263. The third-order valence-electron chi connectivity index (χ3n) is 4.25. The van der Waals surface area contributed by atoms with E-state index < -0.39 is 0 Å². The molecule has 2 aromatic carbocycles. The number of benzene rings is 2. The number of hydrogen-bond donors (Lipinski definition) is 1. The second-order valence-electron chi connectivity index (χ2n) is 6.16. The largest absolute Gasteiger partial charge is 0.352 e. The van der Waals surface area contributed by atoms with Crippen molar-refractivity contribution < 1.29 is 14.0 Å². The molecule has 0 aliphatic carbocycles. The highest BCUT2D eigenvalue weighted by molar-refractivity contribution is 14.1. The Morgan fingerprint density at radius 2 is 1.92 bits per heavy atom. The van der Waals surface area contributed by atoms with Crippen molar-refractivity contribution in [3.8, 4) is 0 Å². The summed E-state index contributed by atoms with van der Waals surface area (Å²) in [7, 11) is 0. The summed E-state index contributed by atoms with van der Waals surface area (Å²) in [5.74, 6) is -0.238. The van der Waals surface area contributed by atoms with Gasteiger partial charge in [-0.25, -0.2) is 4.39 Å². The number of hydrogen-bond acceptors (Lipinski definition) is 2. The molecule has 4 nitrogen and oxygen atoms in total. The van der Waals surface area contributed by atoms with Crippen LogP contribution in [-0.2, 0) is 11.3 Å². The first-order valence-electron chi connectivity index (χ1n) is 8.08. The van der Waals surface area contributed by atoms with Crippen LogP contribution < -0.4 is 5.32 Å². The molecule has 1 N–H and O–H groups in total. The van der Waals surface area contributed by atoms with E-state index in [1.54, 1.807) is 23.1 Å². The Balaban J connectivity index is 1.53. The van der Waals surface area contributed by atoms with E-state index in [4.69, 9.17) is 0 Å². The molecule has 2 amide bonds. The van der Waals surface area contributed by atoms with E-state index in [0.717, 1.165) is 9.13 Å². The number of nitrogens with zero attached hydrogens (tertiary/aromatic N) is 1. The van der Waals surface area contributed by atoms with Crippen molar-refractivity contribution in [3.63, 3.8) is 0 Å². The third-order valence-corrected chi connectivity index (χ3v) is 5.19. The highest BCUT2D eigenvalue weighted by atomic mass is 127. The van der Waals surface area contributed by atoms with Crippen molar-refractivity contribution in [3.05, 3.63) is 69.0 Å². The van der Waals surface area contributed by atoms with Crippen LogP contribution in [0.25, 0.3) is 0 Å². The Kier molecular flexibility index (Phi) is 5.67. The SMILES string of the molecule is O=C(NCC1CC(=O)N(Cc2ccc(F)cc2)C1)c1ccccc1I. The van der Waals surface area contributed by atoms with Gasteiger partial charge in [-0.05, 0) is 52.4 Å². The predicted molar refractivity (Wildman–Crippen MR) is 101 cm³/mol. The van der Waals surface area contributed by atoms with Crippen LogP contribution in [0, 0.1) is 15.3 Å². The molecule has 0 bridgehead atoms. The van der Waals surface area contributed by atoms with Gasteiger partial charge >= 0.3 is 0 Å². The molecule has 1 saturated heterocycles. The maximum absolute atomic E-state index is 13.0. The summed E-state index contributed by atoms with van der Waals surface area (Å²) in [6.45, 7) is 1.54. The van der Waals surface area contributed by atoms with E-state index in [0.29, 0.717) is 31.6 Å². The van der Waals surface area contributed by atoms with Crippen LogP contribution in [0.15, 0.2) is 48.5 Å². The molecule has 0 aromatic heterocycles. The molecule has 0 radical (unpaired) electrons. The van der Waals surface area contributed by atoms with E-state index in [2.05, 4.69) is 27.9 Å². The van der Waals surface area contributed by atoms with Gasteiger partial charge in [-0.15, -0.1) is 0 Å². The van der Waals surface area contributed by atoms with Gasteiger partial charge in [0.15, 0.2) is 0 Å². The molecular formula is C19H18FIN2O2. The minimum absolute atomic E-state index is 0.0675.